The Morgan fingerprint density at radius 2 is 1.45 bits per heavy atom. The molecule has 0 aromatic carbocycles. The van der Waals surface area contributed by atoms with Crippen molar-refractivity contribution in [3.63, 3.8) is 0 Å². The maximum atomic E-state index is 11.2. The highest BCUT2D eigenvalue weighted by molar-refractivity contribution is 6.11. The van der Waals surface area contributed by atoms with E-state index < -0.39 is 0 Å². The van der Waals surface area contributed by atoms with E-state index in [1.807, 2.05) is 13.8 Å². The number of carbonyl (C=O) groups excluding carboxylic acids is 2. The molecule has 2 heteroatoms. The summed E-state index contributed by atoms with van der Waals surface area (Å²) in [6.07, 6.45) is 2.83. The lowest BCUT2D eigenvalue weighted by molar-refractivity contribution is -0.121. The molecule has 11 heavy (non-hydrogen) atoms. The number of fused-ring (bicyclic) bond motifs is 1. The molecule has 0 aromatic rings. The minimum absolute atomic E-state index is 0.0139. The van der Waals surface area contributed by atoms with Gasteiger partial charge in [-0.2, -0.15) is 0 Å². The van der Waals surface area contributed by atoms with Crippen molar-refractivity contribution in [1.82, 2.24) is 0 Å². The first-order valence-corrected chi connectivity index (χ1v) is 3.81. The van der Waals surface area contributed by atoms with Crippen molar-refractivity contribution < 1.29 is 9.59 Å². The number of hydrogen-bond donors (Lipinski definition) is 0. The summed E-state index contributed by atoms with van der Waals surface area (Å²) in [5.41, 5.74) is -0.0718. The second-order valence-corrected chi connectivity index (χ2v) is 3.91. The number of rotatable bonds is 0. The third-order valence-corrected chi connectivity index (χ3v) is 2.85. The molecule has 2 nitrogen and oxygen atoms in total. The second kappa shape index (κ2) is 1.63. The number of ketones is 2. The summed E-state index contributed by atoms with van der Waals surface area (Å²) < 4.78 is 0. The van der Waals surface area contributed by atoms with Gasteiger partial charge < -0.3 is 0 Å². The van der Waals surface area contributed by atoms with Crippen molar-refractivity contribution in [3.05, 3.63) is 12.2 Å². The van der Waals surface area contributed by atoms with Crippen LogP contribution in [0.2, 0.25) is 0 Å². The molecule has 58 valence electrons. The first-order valence-electron chi connectivity index (χ1n) is 3.81. The molecule has 2 rings (SSSR count). The number of hydrogen-bond acceptors (Lipinski definition) is 2. The minimum atomic E-state index is -0.0718. The maximum Gasteiger partial charge on any atom is 0.160 e. The lowest BCUT2D eigenvalue weighted by atomic mass is 10.1. The molecular weight excluding hydrogens is 140 g/mol. The van der Waals surface area contributed by atoms with E-state index in [-0.39, 0.29) is 28.8 Å². The monoisotopic (exact) mass is 150 g/mol. The van der Waals surface area contributed by atoms with Crippen LogP contribution in [0.25, 0.3) is 0 Å². The molecule has 1 fully saturated rings. The van der Waals surface area contributed by atoms with E-state index >= 15 is 0 Å². The zero-order valence-corrected chi connectivity index (χ0v) is 6.63. The fourth-order valence-corrected chi connectivity index (χ4v) is 2.07. The summed E-state index contributed by atoms with van der Waals surface area (Å²) >= 11 is 0. The van der Waals surface area contributed by atoms with Gasteiger partial charge in [0.05, 0.1) is 0 Å². The van der Waals surface area contributed by atoms with Gasteiger partial charge in [0, 0.05) is 11.8 Å². The van der Waals surface area contributed by atoms with Crippen molar-refractivity contribution in [2.24, 2.45) is 17.3 Å². The van der Waals surface area contributed by atoms with Gasteiger partial charge in [-0.25, -0.2) is 0 Å². The highest BCUT2D eigenvalue weighted by atomic mass is 16.1. The summed E-state index contributed by atoms with van der Waals surface area (Å²) in [6, 6.07) is 0. The largest absolute Gasteiger partial charge is 0.294 e. The first-order chi connectivity index (χ1) is 5.05. The molecule has 0 aromatic heterocycles. The Labute approximate surface area is 65.3 Å². The summed E-state index contributed by atoms with van der Waals surface area (Å²) in [7, 11) is 0. The molecule has 0 spiro atoms. The van der Waals surface area contributed by atoms with E-state index in [0.717, 1.165) is 0 Å². The predicted octanol–water partition coefficient (Wildman–Crippen LogP) is 0.967. The van der Waals surface area contributed by atoms with Crippen LogP contribution in [0, 0.1) is 17.3 Å². The molecule has 0 amide bonds. The molecule has 2 aliphatic rings. The first kappa shape index (κ1) is 6.77. The van der Waals surface area contributed by atoms with Crippen LogP contribution in [0.5, 0.6) is 0 Å². The Morgan fingerprint density at radius 1 is 1.09 bits per heavy atom. The molecule has 1 saturated carbocycles. The predicted molar refractivity (Wildman–Crippen MR) is 39.9 cm³/mol. The fraction of sp³-hybridized carbons (Fsp3) is 0.556. The molecule has 2 atom stereocenters. The number of allylic oxidation sites excluding steroid dienone is 2. The highest BCUT2D eigenvalue weighted by Crippen LogP contribution is 2.60. The Kier molecular flexibility index (Phi) is 1.00. The molecule has 0 N–H and O–H groups in total. The smallest absolute Gasteiger partial charge is 0.160 e. The van der Waals surface area contributed by atoms with Gasteiger partial charge in [0.15, 0.2) is 11.6 Å². The summed E-state index contributed by atoms with van der Waals surface area (Å²) in [5.74, 6) is 0.221. The second-order valence-electron chi connectivity index (χ2n) is 3.91. The Balaban J connectivity index is 2.39. The van der Waals surface area contributed by atoms with Crippen molar-refractivity contribution in [2.75, 3.05) is 0 Å². The fourth-order valence-electron chi connectivity index (χ4n) is 2.07. The standard InChI is InChI=1S/C9H10O2/c1-9(2)7-5(10)3-4-6(11)8(7)9/h3-4,7-8H,1-2H3. The summed E-state index contributed by atoms with van der Waals surface area (Å²) in [6.45, 7) is 3.95. The van der Waals surface area contributed by atoms with Crippen LogP contribution in [0.4, 0.5) is 0 Å². The SMILES string of the molecule is CC1(C)C2C(=O)C=CC(=O)C21. The van der Waals surface area contributed by atoms with Crippen LogP contribution in [-0.4, -0.2) is 11.6 Å². The van der Waals surface area contributed by atoms with Crippen LogP contribution in [0.15, 0.2) is 12.2 Å². The number of carbonyl (C=O) groups is 2. The molecule has 0 saturated heterocycles. The summed E-state index contributed by atoms with van der Waals surface area (Å²) in [5, 5.41) is 0. The molecule has 0 heterocycles. The zero-order valence-electron chi connectivity index (χ0n) is 6.63. The average Bonchev–Trinajstić information content (AvgIpc) is 2.47. The van der Waals surface area contributed by atoms with Crippen molar-refractivity contribution in [1.29, 1.82) is 0 Å². The van der Waals surface area contributed by atoms with Crippen LogP contribution < -0.4 is 0 Å². The van der Waals surface area contributed by atoms with Crippen molar-refractivity contribution in [2.45, 2.75) is 13.8 Å². The van der Waals surface area contributed by atoms with Crippen LogP contribution in [0.1, 0.15) is 13.8 Å². The van der Waals surface area contributed by atoms with Gasteiger partial charge in [-0.1, -0.05) is 13.8 Å². The van der Waals surface area contributed by atoms with Gasteiger partial charge in [0.1, 0.15) is 0 Å². The average molecular weight is 150 g/mol. The molecule has 2 unspecified atom stereocenters. The third-order valence-electron chi connectivity index (χ3n) is 2.85. The van der Waals surface area contributed by atoms with Gasteiger partial charge in [-0.3, -0.25) is 9.59 Å². The molecule has 0 bridgehead atoms. The van der Waals surface area contributed by atoms with E-state index in [0.29, 0.717) is 0 Å². The quantitative estimate of drug-likeness (QED) is 0.515. The lowest BCUT2D eigenvalue weighted by Gasteiger charge is -1.96. The van der Waals surface area contributed by atoms with Crippen LogP contribution >= 0.6 is 0 Å². The molecule has 0 aliphatic heterocycles. The molecule has 2 aliphatic carbocycles. The topological polar surface area (TPSA) is 34.1 Å². The van der Waals surface area contributed by atoms with Gasteiger partial charge in [0.25, 0.3) is 0 Å². The van der Waals surface area contributed by atoms with Crippen molar-refractivity contribution in [3.8, 4) is 0 Å². The van der Waals surface area contributed by atoms with Crippen molar-refractivity contribution >= 4 is 11.6 Å². The van der Waals surface area contributed by atoms with E-state index in [9.17, 15) is 9.59 Å². The Morgan fingerprint density at radius 3 is 1.82 bits per heavy atom. The molecule has 0 radical (unpaired) electrons. The van der Waals surface area contributed by atoms with Gasteiger partial charge in [-0.15, -0.1) is 0 Å². The van der Waals surface area contributed by atoms with E-state index in [1.165, 1.54) is 12.2 Å². The van der Waals surface area contributed by atoms with Gasteiger partial charge >= 0.3 is 0 Å². The van der Waals surface area contributed by atoms with E-state index in [4.69, 9.17) is 0 Å². The minimum Gasteiger partial charge on any atom is -0.294 e. The van der Waals surface area contributed by atoms with Crippen LogP contribution in [0.3, 0.4) is 0 Å². The molecular formula is C9H10O2. The van der Waals surface area contributed by atoms with E-state index in [2.05, 4.69) is 0 Å². The maximum absolute atomic E-state index is 11.2. The van der Waals surface area contributed by atoms with Gasteiger partial charge in [0.2, 0.25) is 0 Å². The third kappa shape index (κ3) is 0.669. The lowest BCUT2D eigenvalue weighted by Crippen LogP contribution is -2.09. The zero-order chi connectivity index (χ0) is 8.22. The highest BCUT2D eigenvalue weighted by Gasteiger charge is 2.64. The van der Waals surface area contributed by atoms with Gasteiger partial charge in [-0.05, 0) is 17.6 Å². The van der Waals surface area contributed by atoms with E-state index in [1.54, 1.807) is 0 Å². The Bertz CT molecular complexity index is 247. The Hall–Kier alpha value is -0.920. The van der Waals surface area contributed by atoms with Crippen LogP contribution in [-0.2, 0) is 9.59 Å². The normalized spacial score (nSPS) is 38.7. The summed E-state index contributed by atoms with van der Waals surface area (Å²) in [4.78, 5) is 22.3.